The molecule has 0 aromatic heterocycles. The fraction of sp³-hybridized carbons (Fsp3) is 0.538. The van der Waals surface area contributed by atoms with Crippen molar-refractivity contribution in [3.05, 3.63) is 29.3 Å². The van der Waals surface area contributed by atoms with E-state index in [9.17, 15) is 0 Å². The molecule has 1 aromatic rings. The summed E-state index contributed by atoms with van der Waals surface area (Å²) in [6.07, 6.45) is 4.18. The van der Waals surface area contributed by atoms with Gasteiger partial charge in [-0.15, -0.1) is 0 Å². The lowest BCUT2D eigenvalue weighted by Gasteiger charge is -2.17. The Kier molecular flexibility index (Phi) is 3.80. The van der Waals surface area contributed by atoms with Crippen molar-refractivity contribution in [3.8, 4) is 0 Å². The molecule has 0 saturated heterocycles. The Morgan fingerprint density at radius 3 is 2.75 bits per heavy atom. The lowest BCUT2D eigenvalue weighted by molar-refractivity contribution is 0.229. The van der Waals surface area contributed by atoms with E-state index in [0.29, 0.717) is 6.42 Å². The number of benzene rings is 1. The maximum absolute atomic E-state index is 9.14. The van der Waals surface area contributed by atoms with E-state index in [4.69, 9.17) is 10.2 Å². The van der Waals surface area contributed by atoms with Crippen molar-refractivity contribution >= 4 is 5.69 Å². The highest BCUT2D eigenvalue weighted by atomic mass is 16.3. The molecule has 2 rings (SSSR count). The topological polar surface area (TPSA) is 52.5 Å². The summed E-state index contributed by atoms with van der Waals surface area (Å²) in [6.45, 7) is 0.154. The van der Waals surface area contributed by atoms with E-state index in [1.165, 1.54) is 24.0 Å². The van der Waals surface area contributed by atoms with Crippen molar-refractivity contribution in [2.75, 3.05) is 18.5 Å². The summed E-state index contributed by atoms with van der Waals surface area (Å²) in [4.78, 5) is 0. The fourth-order valence-electron chi connectivity index (χ4n) is 2.26. The Hall–Kier alpha value is -1.06. The van der Waals surface area contributed by atoms with Crippen LogP contribution < -0.4 is 5.32 Å². The molecule has 1 unspecified atom stereocenters. The third kappa shape index (κ3) is 2.54. The van der Waals surface area contributed by atoms with Gasteiger partial charge in [0.05, 0.1) is 12.6 Å². The van der Waals surface area contributed by atoms with Crippen LogP contribution in [0.5, 0.6) is 0 Å². The molecule has 1 aromatic carbocycles. The molecule has 0 amide bonds. The van der Waals surface area contributed by atoms with Gasteiger partial charge in [-0.2, -0.15) is 0 Å². The van der Waals surface area contributed by atoms with Gasteiger partial charge in [-0.05, 0) is 48.9 Å². The molecule has 0 bridgehead atoms. The number of aliphatic hydroxyl groups excluding tert-OH is 2. The molecule has 0 spiro atoms. The van der Waals surface area contributed by atoms with E-state index in [2.05, 4.69) is 23.5 Å². The molecule has 16 heavy (non-hydrogen) atoms. The molecule has 3 N–H and O–H groups in total. The van der Waals surface area contributed by atoms with E-state index in [-0.39, 0.29) is 19.3 Å². The zero-order chi connectivity index (χ0) is 11.4. The van der Waals surface area contributed by atoms with Crippen LogP contribution in [0.4, 0.5) is 5.69 Å². The average Bonchev–Trinajstić information content (AvgIpc) is 2.75. The maximum atomic E-state index is 9.14. The minimum absolute atomic E-state index is 0.0514. The molecule has 1 atom stereocenters. The summed E-state index contributed by atoms with van der Waals surface area (Å²) in [7, 11) is 0. The Labute approximate surface area is 96.1 Å². The van der Waals surface area contributed by atoms with Crippen LogP contribution in [0.25, 0.3) is 0 Å². The van der Waals surface area contributed by atoms with Gasteiger partial charge in [0.2, 0.25) is 0 Å². The molecule has 3 heteroatoms. The zero-order valence-corrected chi connectivity index (χ0v) is 9.45. The summed E-state index contributed by atoms with van der Waals surface area (Å²) in [5.74, 6) is 0. The molecule has 88 valence electrons. The van der Waals surface area contributed by atoms with Gasteiger partial charge in [0.25, 0.3) is 0 Å². The molecular formula is C13H19NO2. The van der Waals surface area contributed by atoms with Crippen molar-refractivity contribution in [2.45, 2.75) is 31.7 Å². The highest BCUT2D eigenvalue weighted by Gasteiger charge is 2.12. The number of aryl methyl sites for hydroxylation is 2. The van der Waals surface area contributed by atoms with Gasteiger partial charge in [0.1, 0.15) is 0 Å². The number of hydrogen-bond donors (Lipinski definition) is 3. The smallest absolute Gasteiger partial charge is 0.0633 e. The predicted molar refractivity (Wildman–Crippen MR) is 64.7 cm³/mol. The van der Waals surface area contributed by atoms with Gasteiger partial charge in [0, 0.05) is 12.3 Å². The second-order valence-electron chi connectivity index (χ2n) is 4.37. The normalized spacial score (nSPS) is 15.9. The number of aliphatic hydroxyl groups is 2. The molecule has 0 aliphatic heterocycles. The monoisotopic (exact) mass is 221 g/mol. The molecule has 0 saturated carbocycles. The molecular weight excluding hydrogens is 202 g/mol. The Balaban J connectivity index is 2.04. The van der Waals surface area contributed by atoms with Gasteiger partial charge >= 0.3 is 0 Å². The molecule has 0 radical (unpaired) electrons. The van der Waals surface area contributed by atoms with Crippen LogP contribution in [0.15, 0.2) is 18.2 Å². The van der Waals surface area contributed by atoms with Crippen molar-refractivity contribution in [1.82, 2.24) is 0 Å². The van der Waals surface area contributed by atoms with Crippen LogP contribution in [-0.2, 0) is 12.8 Å². The zero-order valence-electron chi connectivity index (χ0n) is 9.45. The quantitative estimate of drug-likeness (QED) is 0.703. The summed E-state index contributed by atoms with van der Waals surface area (Å²) in [5, 5.41) is 21.2. The van der Waals surface area contributed by atoms with Crippen LogP contribution in [0, 0.1) is 0 Å². The maximum Gasteiger partial charge on any atom is 0.0633 e. The first-order valence-electron chi connectivity index (χ1n) is 5.93. The average molecular weight is 221 g/mol. The van der Waals surface area contributed by atoms with Crippen molar-refractivity contribution < 1.29 is 10.2 Å². The van der Waals surface area contributed by atoms with Gasteiger partial charge < -0.3 is 15.5 Å². The molecule has 0 heterocycles. The SMILES string of the molecule is OCCC(CO)Nc1ccc2c(c1)CCC2. The first-order valence-corrected chi connectivity index (χ1v) is 5.93. The van der Waals surface area contributed by atoms with Gasteiger partial charge in [-0.3, -0.25) is 0 Å². The number of anilines is 1. The number of rotatable bonds is 5. The molecule has 0 fully saturated rings. The van der Waals surface area contributed by atoms with E-state index in [1.807, 2.05) is 0 Å². The van der Waals surface area contributed by atoms with Crippen molar-refractivity contribution in [3.63, 3.8) is 0 Å². The third-order valence-corrected chi connectivity index (χ3v) is 3.17. The highest BCUT2D eigenvalue weighted by molar-refractivity contribution is 5.50. The summed E-state index contributed by atoms with van der Waals surface area (Å²) in [5.41, 5.74) is 3.92. The molecule has 3 nitrogen and oxygen atoms in total. The highest BCUT2D eigenvalue weighted by Crippen LogP contribution is 2.25. The standard InChI is InChI=1S/C13H19NO2/c15-7-6-13(9-16)14-12-5-4-10-2-1-3-11(10)8-12/h4-5,8,13-16H,1-3,6-7,9H2. The number of hydrogen-bond acceptors (Lipinski definition) is 3. The van der Waals surface area contributed by atoms with Crippen molar-refractivity contribution in [1.29, 1.82) is 0 Å². The summed E-state index contributed by atoms with van der Waals surface area (Å²) >= 11 is 0. The number of fused-ring (bicyclic) bond motifs is 1. The van der Waals surface area contributed by atoms with Gasteiger partial charge in [-0.25, -0.2) is 0 Å². The van der Waals surface area contributed by atoms with Crippen LogP contribution in [0.2, 0.25) is 0 Å². The van der Waals surface area contributed by atoms with E-state index >= 15 is 0 Å². The van der Waals surface area contributed by atoms with E-state index < -0.39 is 0 Å². The minimum atomic E-state index is -0.0514. The van der Waals surface area contributed by atoms with Gasteiger partial charge in [0.15, 0.2) is 0 Å². The first kappa shape index (κ1) is 11.4. The Morgan fingerprint density at radius 2 is 2.00 bits per heavy atom. The van der Waals surface area contributed by atoms with Crippen LogP contribution >= 0.6 is 0 Å². The summed E-state index contributed by atoms with van der Waals surface area (Å²) < 4.78 is 0. The Bertz CT molecular complexity index is 352. The fourth-order valence-corrected chi connectivity index (χ4v) is 2.26. The second kappa shape index (κ2) is 5.32. The lowest BCUT2D eigenvalue weighted by Crippen LogP contribution is -2.24. The largest absolute Gasteiger partial charge is 0.396 e. The van der Waals surface area contributed by atoms with E-state index in [1.54, 1.807) is 0 Å². The second-order valence-corrected chi connectivity index (χ2v) is 4.37. The van der Waals surface area contributed by atoms with E-state index in [0.717, 1.165) is 12.1 Å². The van der Waals surface area contributed by atoms with Gasteiger partial charge in [-0.1, -0.05) is 6.07 Å². The predicted octanol–water partition coefficient (Wildman–Crippen LogP) is 1.33. The van der Waals surface area contributed by atoms with Crippen LogP contribution in [0.1, 0.15) is 24.0 Å². The number of nitrogens with one attached hydrogen (secondary N) is 1. The molecule has 1 aliphatic rings. The molecule has 1 aliphatic carbocycles. The van der Waals surface area contributed by atoms with Crippen molar-refractivity contribution in [2.24, 2.45) is 0 Å². The minimum Gasteiger partial charge on any atom is -0.396 e. The lowest BCUT2D eigenvalue weighted by atomic mass is 10.1. The Morgan fingerprint density at radius 1 is 1.19 bits per heavy atom. The van der Waals surface area contributed by atoms with Crippen LogP contribution in [-0.4, -0.2) is 29.5 Å². The van der Waals surface area contributed by atoms with Crippen LogP contribution in [0.3, 0.4) is 0 Å². The summed E-state index contributed by atoms with van der Waals surface area (Å²) in [6, 6.07) is 6.34. The first-order chi connectivity index (χ1) is 7.83. The third-order valence-electron chi connectivity index (χ3n) is 3.17.